The van der Waals surface area contributed by atoms with E-state index in [4.69, 9.17) is 0 Å². The predicted molar refractivity (Wildman–Crippen MR) is 78.2 cm³/mol. The van der Waals surface area contributed by atoms with Crippen molar-refractivity contribution in [2.75, 3.05) is 18.8 Å². The van der Waals surface area contributed by atoms with Gasteiger partial charge in [-0.05, 0) is 18.6 Å². The van der Waals surface area contributed by atoms with Gasteiger partial charge in [0.05, 0.1) is 11.1 Å². The molecule has 108 valence electrons. The van der Waals surface area contributed by atoms with Crippen LogP contribution in [-0.2, 0) is 4.79 Å². The molecule has 3 amide bonds. The van der Waals surface area contributed by atoms with Gasteiger partial charge in [0.25, 0.3) is 11.8 Å². The third-order valence-corrected chi connectivity index (χ3v) is 5.78. The van der Waals surface area contributed by atoms with Crippen molar-refractivity contribution >= 4 is 29.5 Å². The number of carbonyl (C=O) groups is 3. The number of rotatable bonds is 2. The van der Waals surface area contributed by atoms with Gasteiger partial charge in [0.15, 0.2) is 0 Å². The number of fused-ring (bicyclic) bond motifs is 3. The number of nitrogens with zero attached hydrogens (tertiary/aromatic N) is 2. The smallest absolute Gasteiger partial charge is 0.262 e. The topological polar surface area (TPSA) is 57.7 Å². The number of imide groups is 1. The monoisotopic (exact) mass is 302 g/mol. The molecule has 4 rings (SSSR count). The number of amides is 3. The molecule has 1 aromatic carbocycles. The first-order valence-electron chi connectivity index (χ1n) is 7.01. The van der Waals surface area contributed by atoms with E-state index in [0.29, 0.717) is 16.4 Å². The maximum absolute atomic E-state index is 12.4. The molecule has 2 unspecified atom stereocenters. The van der Waals surface area contributed by atoms with E-state index < -0.39 is 0 Å². The summed E-state index contributed by atoms with van der Waals surface area (Å²) in [5.41, 5.74) is 0.794. The summed E-state index contributed by atoms with van der Waals surface area (Å²) < 4.78 is 0. The summed E-state index contributed by atoms with van der Waals surface area (Å²) >= 11 is 1.91. The zero-order valence-electron chi connectivity index (χ0n) is 11.3. The van der Waals surface area contributed by atoms with Crippen LogP contribution in [0.15, 0.2) is 24.3 Å². The zero-order chi connectivity index (χ0) is 14.6. The molecule has 2 saturated heterocycles. The van der Waals surface area contributed by atoms with Crippen molar-refractivity contribution in [3.63, 3.8) is 0 Å². The molecular weight excluding hydrogens is 288 g/mol. The molecule has 0 aromatic heterocycles. The van der Waals surface area contributed by atoms with E-state index in [0.717, 1.165) is 23.6 Å². The van der Waals surface area contributed by atoms with Crippen molar-refractivity contribution in [3.8, 4) is 0 Å². The molecule has 1 aromatic rings. The average molecular weight is 302 g/mol. The van der Waals surface area contributed by atoms with Crippen molar-refractivity contribution in [2.45, 2.75) is 17.7 Å². The first-order chi connectivity index (χ1) is 10.1. The van der Waals surface area contributed by atoms with Gasteiger partial charge in [-0.1, -0.05) is 12.1 Å². The van der Waals surface area contributed by atoms with Crippen molar-refractivity contribution in [2.24, 2.45) is 0 Å². The fourth-order valence-corrected chi connectivity index (χ4v) is 4.75. The van der Waals surface area contributed by atoms with Gasteiger partial charge < -0.3 is 4.90 Å². The number of hydrogen-bond donors (Lipinski definition) is 0. The average Bonchev–Trinajstić information content (AvgIpc) is 3.18. The molecule has 0 saturated carbocycles. The van der Waals surface area contributed by atoms with Crippen molar-refractivity contribution in [1.82, 2.24) is 9.80 Å². The summed E-state index contributed by atoms with van der Waals surface area (Å²) in [5.74, 6) is 0.140. The molecule has 2 atom stereocenters. The number of likely N-dealkylation sites (tertiary alicyclic amines) is 1. The molecule has 3 aliphatic heterocycles. The molecule has 6 heteroatoms. The van der Waals surface area contributed by atoms with Crippen molar-refractivity contribution < 1.29 is 14.4 Å². The maximum Gasteiger partial charge on any atom is 0.262 e. The number of hydrogen-bond acceptors (Lipinski definition) is 4. The molecule has 3 heterocycles. The van der Waals surface area contributed by atoms with E-state index in [1.54, 1.807) is 24.3 Å². The van der Waals surface area contributed by atoms with Crippen LogP contribution in [0.5, 0.6) is 0 Å². The molecule has 0 radical (unpaired) electrons. The lowest BCUT2D eigenvalue weighted by atomic mass is 10.1. The molecule has 2 bridgehead atoms. The van der Waals surface area contributed by atoms with E-state index in [-0.39, 0.29) is 30.3 Å². The third-order valence-electron chi connectivity index (χ3n) is 4.39. The summed E-state index contributed by atoms with van der Waals surface area (Å²) in [5, 5.41) is 0.529. The van der Waals surface area contributed by atoms with Crippen LogP contribution in [0.2, 0.25) is 0 Å². The molecular formula is C15H14N2O3S. The highest BCUT2D eigenvalue weighted by Gasteiger charge is 2.43. The molecule has 2 fully saturated rings. The predicted octanol–water partition coefficient (Wildman–Crippen LogP) is 0.999. The lowest BCUT2D eigenvalue weighted by Crippen LogP contribution is -2.46. The minimum absolute atomic E-state index is 0.114. The Balaban J connectivity index is 1.52. The molecule has 0 N–H and O–H groups in total. The quantitative estimate of drug-likeness (QED) is 0.765. The summed E-state index contributed by atoms with van der Waals surface area (Å²) in [6.45, 7) is 0.609. The Morgan fingerprint density at radius 3 is 2.38 bits per heavy atom. The van der Waals surface area contributed by atoms with Gasteiger partial charge >= 0.3 is 0 Å². The van der Waals surface area contributed by atoms with E-state index in [1.165, 1.54) is 0 Å². The standard InChI is InChI=1S/C15H14N2O3S/c18-13(16-6-10-5-9(16)8-21-10)7-17-14(19)11-3-1-2-4-12(11)15(17)20/h1-4,9-10H,5-8H2. The van der Waals surface area contributed by atoms with E-state index >= 15 is 0 Å². The van der Waals surface area contributed by atoms with Crippen LogP contribution in [0.25, 0.3) is 0 Å². The van der Waals surface area contributed by atoms with Crippen LogP contribution >= 0.6 is 11.8 Å². The lowest BCUT2D eigenvalue weighted by molar-refractivity contribution is -0.132. The Bertz CT molecular complexity index is 625. The maximum atomic E-state index is 12.4. The van der Waals surface area contributed by atoms with Gasteiger partial charge in [-0.25, -0.2) is 0 Å². The Morgan fingerprint density at radius 2 is 1.86 bits per heavy atom. The van der Waals surface area contributed by atoms with E-state index in [2.05, 4.69) is 0 Å². The molecule has 3 aliphatic rings. The van der Waals surface area contributed by atoms with Gasteiger partial charge in [0, 0.05) is 23.6 Å². The molecule has 5 nitrogen and oxygen atoms in total. The van der Waals surface area contributed by atoms with Crippen LogP contribution in [-0.4, -0.2) is 57.7 Å². The summed E-state index contributed by atoms with van der Waals surface area (Å²) in [6.07, 6.45) is 1.04. The second kappa shape index (κ2) is 4.59. The van der Waals surface area contributed by atoms with Gasteiger partial charge in [-0.15, -0.1) is 0 Å². The van der Waals surface area contributed by atoms with Gasteiger partial charge in [0.2, 0.25) is 5.91 Å². The fourth-order valence-electron chi connectivity index (χ4n) is 3.31. The van der Waals surface area contributed by atoms with Crippen molar-refractivity contribution in [3.05, 3.63) is 35.4 Å². The van der Waals surface area contributed by atoms with Crippen molar-refractivity contribution in [1.29, 1.82) is 0 Å². The molecule has 0 aliphatic carbocycles. The summed E-state index contributed by atoms with van der Waals surface area (Å²) in [6, 6.07) is 7.00. The van der Waals surface area contributed by atoms with Gasteiger partial charge in [-0.3, -0.25) is 19.3 Å². The van der Waals surface area contributed by atoms with E-state index in [1.807, 2.05) is 16.7 Å². The van der Waals surface area contributed by atoms with Gasteiger partial charge in [-0.2, -0.15) is 11.8 Å². The normalized spacial score (nSPS) is 26.7. The van der Waals surface area contributed by atoms with Crippen LogP contribution in [0.4, 0.5) is 0 Å². The first kappa shape index (κ1) is 12.9. The second-order valence-electron chi connectivity index (χ2n) is 5.63. The zero-order valence-corrected chi connectivity index (χ0v) is 12.1. The highest BCUT2D eigenvalue weighted by Crippen LogP contribution is 2.37. The van der Waals surface area contributed by atoms with Crippen LogP contribution in [0, 0.1) is 0 Å². The Hall–Kier alpha value is -1.82. The largest absolute Gasteiger partial charge is 0.336 e. The number of carbonyl (C=O) groups excluding carboxylic acids is 3. The summed E-state index contributed by atoms with van der Waals surface area (Å²) in [7, 11) is 0. The Morgan fingerprint density at radius 1 is 1.19 bits per heavy atom. The fraction of sp³-hybridized carbons (Fsp3) is 0.400. The second-order valence-corrected chi connectivity index (χ2v) is 6.97. The number of thioether (sulfide) groups is 1. The highest BCUT2D eigenvalue weighted by atomic mass is 32.2. The van der Waals surface area contributed by atoms with Crippen LogP contribution in [0.1, 0.15) is 27.1 Å². The Kier molecular flexibility index (Phi) is 2.82. The minimum Gasteiger partial charge on any atom is -0.336 e. The van der Waals surface area contributed by atoms with E-state index in [9.17, 15) is 14.4 Å². The Labute approximate surface area is 126 Å². The van der Waals surface area contributed by atoms with Crippen LogP contribution in [0.3, 0.4) is 0 Å². The first-order valence-corrected chi connectivity index (χ1v) is 8.06. The molecule has 21 heavy (non-hydrogen) atoms. The van der Waals surface area contributed by atoms with Crippen LogP contribution < -0.4 is 0 Å². The molecule has 0 spiro atoms. The van der Waals surface area contributed by atoms with Gasteiger partial charge in [0.1, 0.15) is 6.54 Å². The third kappa shape index (κ3) is 1.89. The lowest BCUT2D eigenvalue weighted by Gasteiger charge is -2.28. The highest BCUT2D eigenvalue weighted by molar-refractivity contribution is 8.00. The SMILES string of the molecule is O=C1c2ccccc2C(=O)N1CC(=O)N1CC2CC1CS2. The minimum atomic E-state index is -0.359. The summed E-state index contributed by atoms with van der Waals surface area (Å²) in [4.78, 5) is 39.8. The number of benzene rings is 1.